The molecular formula is C11H22ClN. The summed E-state index contributed by atoms with van der Waals surface area (Å²) < 4.78 is 0. The van der Waals surface area contributed by atoms with Gasteiger partial charge in [-0.25, -0.2) is 0 Å². The van der Waals surface area contributed by atoms with Gasteiger partial charge in [0.2, 0.25) is 0 Å². The van der Waals surface area contributed by atoms with Crippen molar-refractivity contribution in [2.45, 2.75) is 51.5 Å². The van der Waals surface area contributed by atoms with E-state index in [1.54, 1.807) is 0 Å². The maximum Gasteiger partial charge on any atom is 0.0266 e. The molecule has 1 nitrogen and oxygen atoms in total. The highest BCUT2D eigenvalue weighted by Crippen LogP contribution is 2.25. The van der Waals surface area contributed by atoms with Crippen LogP contribution in [-0.2, 0) is 0 Å². The van der Waals surface area contributed by atoms with E-state index in [0.29, 0.717) is 6.04 Å². The molecule has 0 amide bonds. The second-order valence-corrected chi connectivity index (χ2v) is 4.42. The highest BCUT2D eigenvalue weighted by Gasteiger charge is 2.23. The standard InChI is InChI=1S/C11H22ClN/c1-2-3-8-13-11-7-5-4-6-10(11)9-12/h10-11,13H,2-9H2,1H3. The van der Waals surface area contributed by atoms with Crippen molar-refractivity contribution in [3.05, 3.63) is 0 Å². The molecule has 1 rings (SSSR count). The molecule has 2 heteroatoms. The Balaban J connectivity index is 2.19. The third-order valence-electron chi connectivity index (χ3n) is 3.04. The summed E-state index contributed by atoms with van der Waals surface area (Å²) in [6.07, 6.45) is 8.01. The van der Waals surface area contributed by atoms with E-state index in [0.717, 1.165) is 11.8 Å². The molecular weight excluding hydrogens is 182 g/mol. The Hall–Kier alpha value is 0.250. The van der Waals surface area contributed by atoms with Crippen LogP contribution in [0.15, 0.2) is 0 Å². The SMILES string of the molecule is CCCCNC1CCCCC1CCl. The first kappa shape index (κ1) is 11.3. The van der Waals surface area contributed by atoms with Crippen molar-refractivity contribution in [3.63, 3.8) is 0 Å². The fraction of sp³-hybridized carbons (Fsp3) is 1.00. The smallest absolute Gasteiger partial charge is 0.0266 e. The average Bonchev–Trinajstić information content (AvgIpc) is 2.19. The van der Waals surface area contributed by atoms with Gasteiger partial charge >= 0.3 is 0 Å². The molecule has 0 heterocycles. The summed E-state index contributed by atoms with van der Waals surface area (Å²) in [5, 5.41) is 3.64. The van der Waals surface area contributed by atoms with Gasteiger partial charge in [0.25, 0.3) is 0 Å². The van der Waals surface area contributed by atoms with Gasteiger partial charge in [-0.1, -0.05) is 26.2 Å². The summed E-state index contributed by atoms with van der Waals surface area (Å²) in [5.74, 6) is 1.57. The zero-order valence-electron chi connectivity index (χ0n) is 8.69. The Morgan fingerprint density at radius 3 is 2.77 bits per heavy atom. The van der Waals surface area contributed by atoms with Crippen molar-refractivity contribution in [1.29, 1.82) is 0 Å². The van der Waals surface area contributed by atoms with E-state index < -0.39 is 0 Å². The quantitative estimate of drug-likeness (QED) is 0.535. The third kappa shape index (κ3) is 3.86. The number of hydrogen-bond donors (Lipinski definition) is 1. The van der Waals surface area contributed by atoms with Gasteiger partial charge in [0.05, 0.1) is 0 Å². The fourth-order valence-corrected chi connectivity index (χ4v) is 2.49. The molecule has 13 heavy (non-hydrogen) atoms. The molecule has 0 aliphatic heterocycles. The van der Waals surface area contributed by atoms with Crippen LogP contribution in [0.5, 0.6) is 0 Å². The highest BCUT2D eigenvalue weighted by molar-refractivity contribution is 6.18. The first-order valence-electron chi connectivity index (χ1n) is 5.67. The van der Waals surface area contributed by atoms with E-state index >= 15 is 0 Å². The summed E-state index contributed by atoms with van der Waals surface area (Å²) >= 11 is 5.95. The number of halogens is 1. The summed E-state index contributed by atoms with van der Waals surface area (Å²) in [6, 6.07) is 0.706. The molecule has 0 aromatic heterocycles. The molecule has 0 saturated heterocycles. The van der Waals surface area contributed by atoms with Crippen molar-refractivity contribution in [2.24, 2.45) is 5.92 Å². The summed E-state index contributed by atoms with van der Waals surface area (Å²) in [7, 11) is 0. The summed E-state index contributed by atoms with van der Waals surface area (Å²) in [6.45, 7) is 3.41. The topological polar surface area (TPSA) is 12.0 Å². The van der Waals surface area contributed by atoms with Crippen LogP contribution in [0.3, 0.4) is 0 Å². The lowest BCUT2D eigenvalue weighted by Gasteiger charge is -2.31. The Labute approximate surface area is 87.2 Å². The van der Waals surface area contributed by atoms with E-state index in [1.807, 2.05) is 0 Å². The number of hydrogen-bond acceptors (Lipinski definition) is 1. The van der Waals surface area contributed by atoms with Crippen LogP contribution in [0.1, 0.15) is 45.4 Å². The molecule has 1 saturated carbocycles. The zero-order valence-corrected chi connectivity index (χ0v) is 9.45. The van der Waals surface area contributed by atoms with Crippen LogP contribution in [0.25, 0.3) is 0 Å². The highest BCUT2D eigenvalue weighted by atomic mass is 35.5. The minimum atomic E-state index is 0.706. The Bertz CT molecular complexity index is 127. The molecule has 0 bridgehead atoms. The van der Waals surface area contributed by atoms with Crippen molar-refractivity contribution >= 4 is 11.6 Å². The van der Waals surface area contributed by atoms with Crippen molar-refractivity contribution in [2.75, 3.05) is 12.4 Å². The lowest BCUT2D eigenvalue weighted by atomic mass is 9.86. The first-order valence-corrected chi connectivity index (χ1v) is 6.21. The van der Waals surface area contributed by atoms with E-state index in [-0.39, 0.29) is 0 Å². The van der Waals surface area contributed by atoms with Crippen LogP contribution in [0, 0.1) is 5.92 Å². The molecule has 1 N–H and O–H groups in total. The minimum Gasteiger partial charge on any atom is -0.314 e. The van der Waals surface area contributed by atoms with Crippen LogP contribution in [0.4, 0.5) is 0 Å². The predicted octanol–water partition coefficient (Wildman–Crippen LogP) is 3.17. The monoisotopic (exact) mass is 203 g/mol. The van der Waals surface area contributed by atoms with E-state index in [4.69, 9.17) is 11.6 Å². The molecule has 1 aliphatic carbocycles. The maximum atomic E-state index is 5.95. The Morgan fingerprint density at radius 2 is 2.08 bits per heavy atom. The maximum absolute atomic E-state index is 5.95. The Kier molecular flexibility index (Phi) is 5.81. The van der Waals surface area contributed by atoms with Gasteiger partial charge in [0.1, 0.15) is 0 Å². The normalized spacial score (nSPS) is 29.1. The molecule has 78 valence electrons. The first-order chi connectivity index (χ1) is 6.38. The lowest BCUT2D eigenvalue weighted by molar-refractivity contribution is 0.283. The molecule has 1 aliphatic rings. The van der Waals surface area contributed by atoms with Gasteiger partial charge in [-0.15, -0.1) is 11.6 Å². The molecule has 0 aromatic rings. The van der Waals surface area contributed by atoms with Crippen molar-refractivity contribution < 1.29 is 0 Å². The largest absolute Gasteiger partial charge is 0.314 e. The van der Waals surface area contributed by atoms with Crippen LogP contribution < -0.4 is 5.32 Å². The Morgan fingerprint density at radius 1 is 1.31 bits per heavy atom. The van der Waals surface area contributed by atoms with Gasteiger partial charge in [0.15, 0.2) is 0 Å². The molecule has 0 aromatic carbocycles. The van der Waals surface area contributed by atoms with Gasteiger partial charge in [-0.2, -0.15) is 0 Å². The third-order valence-corrected chi connectivity index (χ3v) is 3.44. The molecule has 2 atom stereocenters. The van der Waals surface area contributed by atoms with E-state index in [9.17, 15) is 0 Å². The molecule has 0 radical (unpaired) electrons. The number of unbranched alkanes of at least 4 members (excludes halogenated alkanes) is 1. The zero-order chi connectivity index (χ0) is 9.52. The van der Waals surface area contributed by atoms with Gasteiger partial charge in [-0.3, -0.25) is 0 Å². The van der Waals surface area contributed by atoms with Gasteiger partial charge < -0.3 is 5.32 Å². The number of nitrogens with one attached hydrogen (secondary N) is 1. The lowest BCUT2D eigenvalue weighted by Crippen LogP contribution is -2.39. The summed E-state index contributed by atoms with van der Waals surface area (Å²) in [5.41, 5.74) is 0. The van der Waals surface area contributed by atoms with Crippen LogP contribution in [0.2, 0.25) is 0 Å². The van der Waals surface area contributed by atoms with Crippen LogP contribution >= 0.6 is 11.6 Å². The van der Waals surface area contributed by atoms with Crippen LogP contribution in [-0.4, -0.2) is 18.5 Å². The van der Waals surface area contributed by atoms with Crippen molar-refractivity contribution in [1.82, 2.24) is 5.32 Å². The summed E-state index contributed by atoms with van der Waals surface area (Å²) in [4.78, 5) is 0. The van der Waals surface area contributed by atoms with Gasteiger partial charge in [0, 0.05) is 11.9 Å². The molecule has 1 fully saturated rings. The number of alkyl halides is 1. The van der Waals surface area contributed by atoms with E-state index in [2.05, 4.69) is 12.2 Å². The van der Waals surface area contributed by atoms with Gasteiger partial charge in [-0.05, 0) is 31.7 Å². The second-order valence-electron chi connectivity index (χ2n) is 4.11. The fourth-order valence-electron chi connectivity index (χ4n) is 2.13. The average molecular weight is 204 g/mol. The van der Waals surface area contributed by atoms with Crippen molar-refractivity contribution in [3.8, 4) is 0 Å². The predicted molar refractivity (Wildman–Crippen MR) is 59.4 cm³/mol. The second kappa shape index (κ2) is 6.67. The molecule has 0 spiro atoms. The minimum absolute atomic E-state index is 0.706. The number of rotatable bonds is 5. The van der Waals surface area contributed by atoms with E-state index in [1.165, 1.54) is 45.1 Å². The molecule has 2 unspecified atom stereocenters.